The highest BCUT2D eigenvalue weighted by molar-refractivity contribution is 6.42. The van der Waals surface area contributed by atoms with Gasteiger partial charge in [0.25, 0.3) is 11.8 Å². The van der Waals surface area contributed by atoms with Gasteiger partial charge in [-0.2, -0.15) is 0 Å². The van der Waals surface area contributed by atoms with Gasteiger partial charge < -0.3 is 10.5 Å². The molecule has 6 aromatic rings. The van der Waals surface area contributed by atoms with Gasteiger partial charge in [0.1, 0.15) is 5.75 Å². The first-order valence-corrected chi connectivity index (χ1v) is 11.0. The summed E-state index contributed by atoms with van der Waals surface area (Å²) < 4.78 is 5.22. The number of methoxy groups -OCH3 is 1. The largest absolute Gasteiger partial charge is 0.497 e. The monoisotopic (exact) mass is 442 g/mol. The minimum absolute atomic E-state index is 0.326. The highest BCUT2D eigenvalue weighted by Gasteiger charge is 2.35. The lowest BCUT2D eigenvalue weighted by Gasteiger charge is -2.28. The Morgan fingerprint density at radius 3 is 1.82 bits per heavy atom. The molecule has 5 nitrogen and oxygen atoms in total. The number of carbonyl (C=O) groups excluding carboxylic acids is 2. The molecular formula is C29H18N2O3. The lowest BCUT2D eigenvalue weighted by atomic mass is 9.84. The Labute approximate surface area is 194 Å². The van der Waals surface area contributed by atoms with Gasteiger partial charge in [-0.25, -0.2) is 4.90 Å². The van der Waals surface area contributed by atoms with Crippen molar-refractivity contribution in [2.75, 3.05) is 17.7 Å². The van der Waals surface area contributed by atoms with Crippen molar-refractivity contribution >= 4 is 66.3 Å². The number of hydrogen-bond acceptors (Lipinski definition) is 4. The van der Waals surface area contributed by atoms with Gasteiger partial charge in [0, 0.05) is 27.6 Å². The second-order valence-electron chi connectivity index (χ2n) is 8.65. The van der Waals surface area contributed by atoms with Crippen LogP contribution in [0.15, 0.2) is 78.9 Å². The van der Waals surface area contributed by atoms with Gasteiger partial charge in [0.2, 0.25) is 0 Å². The van der Waals surface area contributed by atoms with Crippen LogP contribution in [0.1, 0.15) is 20.7 Å². The molecule has 0 unspecified atom stereocenters. The molecule has 1 aliphatic rings. The molecule has 0 atom stereocenters. The zero-order valence-electron chi connectivity index (χ0n) is 18.3. The van der Waals surface area contributed by atoms with E-state index in [1.807, 2.05) is 48.5 Å². The Morgan fingerprint density at radius 1 is 0.618 bits per heavy atom. The molecule has 2 amide bonds. The summed E-state index contributed by atoms with van der Waals surface area (Å²) in [4.78, 5) is 28.5. The second-order valence-corrected chi connectivity index (χ2v) is 8.65. The molecule has 162 valence electrons. The number of fused-ring (bicyclic) bond motifs is 2. The van der Waals surface area contributed by atoms with Crippen LogP contribution in [-0.2, 0) is 0 Å². The second kappa shape index (κ2) is 6.45. The number of carbonyl (C=O) groups is 2. The highest BCUT2D eigenvalue weighted by atomic mass is 16.5. The van der Waals surface area contributed by atoms with E-state index in [2.05, 4.69) is 6.07 Å². The minimum Gasteiger partial charge on any atom is -0.497 e. The fourth-order valence-corrected chi connectivity index (χ4v) is 5.48. The number of rotatable bonds is 2. The highest BCUT2D eigenvalue weighted by Crippen LogP contribution is 2.45. The predicted octanol–water partition coefficient (Wildman–Crippen LogP) is 6.13. The van der Waals surface area contributed by atoms with Crippen molar-refractivity contribution in [3.8, 4) is 5.75 Å². The predicted molar refractivity (Wildman–Crippen MR) is 136 cm³/mol. The summed E-state index contributed by atoms with van der Waals surface area (Å²) in [7, 11) is 1.58. The van der Waals surface area contributed by atoms with E-state index in [1.165, 1.54) is 4.90 Å². The molecule has 0 saturated carbocycles. The van der Waals surface area contributed by atoms with Gasteiger partial charge in [-0.15, -0.1) is 0 Å². The molecule has 0 saturated heterocycles. The first kappa shape index (κ1) is 18.9. The van der Waals surface area contributed by atoms with E-state index in [9.17, 15) is 9.59 Å². The van der Waals surface area contributed by atoms with Crippen LogP contribution < -0.4 is 15.4 Å². The molecule has 6 aromatic carbocycles. The van der Waals surface area contributed by atoms with Crippen LogP contribution in [0, 0.1) is 0 Å². The number of hydrogen-bond donors (Lipinski definition) is 1. The maximum Gasteiger partial charge on any atom is 0.265 e. The Hall–Kier alpha value is -4.64. The van der Waals surface area contributed by atoms with E-state index >= 15 is 0 Å². The van der Waals surface area contributed by atoms with Crippen LogP contribution in [0.5, 0.6) is 5.75 Å². The van der Waals surface area contributed by atoms with Crippen LogP contribution in [0.25, 0.3) is 43.1 Å². The van der Waals surface area contributed by atoms with E-state index in [1.54, 1.807) is 31.4 Å². The van der Waals surface area contributed by atoms with Crippen molar-refractivity contribution in [1.29, 1.82) is 0 Å². The number of amides is 2. The first-order chi connectivity index (χ1) is 16.6. The van der Waals surface area contributed by atoms with Crippen molar-refractivity contribution in [3.05, 3.63) is 90.0 Å². The zero-order chi connectivity index (χ0) is 23.1. The van der Waals surface area contributed by atoms with E-state index in [4.69, 9.17) is 10.5 Å². The Kier molecular flexibility index (Phi) is 3.58. The third kappa shape index (κ3) is 2.23. The average molecular weight is 442 g/mol. The Balaban J connectivity index is 1.58. The number of ether oxygens (including phenoxy) is 1. The average Bonchev–Trinajstić information content (AvgIpc) is 2.87. The van der Waals surface area contributed by atoms with Crippen LogP contribution in [0.3, 0.4) is 0 Å². The summed E-state index contributed by atoms with van der Waals surface area (Å²) in [5, 5.41) is 7.92. The minimum atomic E-state index is -0.326. The molecule has 0 aliphatic carbocycles. The number of nitrogens with two attached hydrogens (primary N) is 1. The van der Waals surface area contributed by atoms with Gasteiger partial charge in [-0.3, -0.25) is 9.59 Å². The van der Waals surface area contributed by atoms with Crippen LogP contribution in [0.2, 0.25) is 0 Å². The summed E-state index contributed by atoms with van der Waals surface area (Å²) in [6.07, 6.45) is 0. The Morgan fingerprint density at radius 2 is 1.18 bits per heavy atom. The summed E-state index contributed by atoms with van der Waals surface area (Å²) in [6, 6.07) is 24.7. The molecule has 1 aliphatic heterocycles. The molecule has 5 heteroatoms. The number of anilines is 2. The van der Waals surface area contributed by atoms with Gasteiger partial charge in [-0.1, -0.05) is 36.4 Å². The van der Waals surface area contributed by atoms with Crippen molar-refractivity contribution in [2.45, 2.75) is 0 Å². The normalized spacial score (nSPS) is 13.6. The quantitative estimate of drug-likeness (QED) is 0.152. The van der Waals surface area contributed by atoms with Crippen LogP contribution in [-0.4, -0.2) is 18.9 Å². The van der Waals surface area contributed by atoms with Crippen molar-refractivity contribution in [3.63, 3.8) is 0 Å². The van der Waals surface area contributed by atoms with E-state index in [-0.39, 0.29) is 11.8 Å². The topological polar surface area (TPSA) is 72.6 Å². The number of nitrogens with zero attached hydrogens (tertiary/aromatic N) is 1. The van der Waals surface area contributed by atoms with Gasteiger partial charge in [0.05, 0.1) is 12.8 Å². The molecule has 0 aromatic heterocycles. The lowest BCUT2D eigenvalue weighted by Crippen LogP contribution is -2.40. The van der Waals surface area contributed by atoms with E-state index < -0.39 is 0 Å². The Bertz CT molecular complexity index is 1770. The third-order valence-electron chi connectivity index (χ3n) is 7.01. The summed E-state index contributed by atoms with van der Waals surface area (Å²) in [5.41, 5.74) is 8.59. The molecule has 0 spiro atoms. The molecule has 0 bridgehead atoms. The smallest absolute Gasteiger partial charge is 0.265 e. The van der Waals surface area contributed by atoms with E-state index in [0.717, 1.165) is 43.4 Å². The third-order valence-corrected chi connectivity index (χ3v) is 7.01. The molecule has 0 radical (unpaired) electrons. The standard InChI is InChI=1S/C29H18N2O3/c1-34-16-7-5-15(6-8-16)31-28(32)22-11-9-19-17-3-2-4-21-24(30)14-13-18(25(17)21)20-10-12-23(29(31)33)27(22)26(19)20/h2-14H,30H2,1H3. The van der Waals surface area contributed by atoms with E-state index in [0.29, 0.717) is 28.0 Å². The summed E-state index contributed by atoms with van der Waals surface area (Å²) in [5.74, 6) is 0.00780. The fraction of sp³-hybridized carbons (Fsp3) is 0.0345. The van der Waals surface area contributed by atoms with Gasteiger partial charge in [0.15, 0.2) is 0 Å². The molecular weight excluding hydrogens is 424 g/mol. The van der Waals surface area contributed by atoms with Gasteiger partial charge in [-0.05, 0) is 74.8 Å². The fourth-order valence-electron chi connectivity index (χ4n) is 5.48. The number of nitrogen functional groups attached to an aromatic ring is 1. The van der Waals surface area contributed by atoms with Crippen LogP contribution in [0.4, 0.5) is 11.4 Å². The molecule has 0 fully saturated rings. The van der Waals surface area contributed by atoms with Crippen molar-refractivity contribution in [2.24, 2.45) is 0 Å². The number of imide groups is 1. The maximum atomic E-state index is 13.6. The molecule has 1 heterocycles. The summed E-state index contributed by atoms with van der Waals surface area (Å²) in [6.45, 7) is 0. The van der Waals surface area contributed by atoms with Crippen molar-refractivity contribution < 1.29 is 14.3 Å². The molecule has 7 rings (SSSR count). The lowest BCUT2D eigenvalue weighted by molar-refractivity contribution is 0.0893. The SMILES string of the molecule is COc1ccc(N2C(=O)c3ccc4c5cccc6c(N)ccc(c7ccc(c3c47)C2=O)c65)cc1. The number of benzene rings is 6. The van der Waals surface area contributed by atoms with Crippen LogP contribution >= 0.6 is 0 Å². The van der Waals surface area contributed by atoms with Crippen molar-refractivity contribution in [1.82, 2.24) is 0 Å². The summed E-state index contributed by atoms with van der Waals surface area (Å²) >= 11 is 0. The zero-order valence-corrected chi connectivity index (χ0v) is 18.3. The maximum absolute atomic E-state index is 13.6. The molecule has 34 heavy (non-hydrogen) atoms. The first-order valence-electron chi connectivity index (χ1n) is 11.0. The van der Waals surface area contributed by atoms with Gasteiger partial charge >= 0.3 is 0 Å². The molecule has 2 N–H and O–H groups in total.